The van der Waals surface area contributed by atoms with Crippen LogP contribution in [0.15, 0.2) is 67.0 Å². The largest absolute Gasteiger partial charge is 0.465 e. The summed E-state index contributed by atoms with van der Waals surface area (Å²) in [6, 6.07) is 17.5. The van der Waals surface area contributed by atoms with E-state index in [-0.39, 0.29) is 18.1 Å². The number of nitrogens with zero attached hydrogens (tertiary/aromatic N) is 3. The topological polar surface area (TPSA) is 59.4 Å². The highest BCUT2D eigenvalue weighted by Crippen LogP contribution is 2.39. The van der Waals surface area contributed by atoms with E-state index >= 15 is 0 Å². The van der Waals surface area contributed by atoms with E-state index in [4.69, 9.17) is 17.0 Å². The number of rotatable bonds is 7. The van der Waals surface area contributed by atoms with Crippen LogP contribution in [-0.4, -0.2) is 39.2 Å². The van der Waals surface area contributed by atoms with Gasteiger partial charge >= 0.3 is 5.97 Å². The quantitative estimate of drug-likeness (QED) is 0.438. The first-order valence-corrected chi connectivity index (χ1v) is 10.9. The molecule has 1 aromatic carbocycles. The molecular weight excluding hydrogens is 408 g/mol. The Morgan fingerprint density at radius 2 is 1.97 bits per heavy atom. The minimum absolute atomic E-state index is 0.00392. The van der Waals surface area contributed by atoms with Crippen LogP contribution >= 0.6 is 12.2 Å². The molecule has 160 valence electrons. The first-order valence-electron chi connectivity index (χ1n) is 10.5. The normalized spacial score (nSPS) is 18.1. The molecular formula is C24H26N4O2S. The van der Waals surface area contributed by atoms with E-state index in [0.717, 1.165) is 41.6 Å². The van der Waals surface area contributed by atoms with Gasteiger partial charge in [-0.05, 0) is 67.2 Å². The highest BCUT2D eigenvalue weighted by Gasteiger charge is 2.40. The molecule has 0 aliphatic carbocycles. The van der Waals surface area contributed by atoms with Gasteiger partial charge in [0.25, 0.3) is 0 Å². The molecule has 0 bridgehead atoms. The third-order valence-corrected chi connectivity index (χ3v) is 5.95. The fraction of sp³-hybridized carbons (Fsp3) is 0.292. The summed E-state index contributed by atoms with van der Waals surface area (Å²) in [5.74, 6) is -0.342. The van der Waals surface area contributed by atoms with Gasteiger partial charge in [-0.1, -0.05) is 19.4 Å². The number of carbonyl (C=O) groups is 1. The Kier molecular flexibility index (Phi) is 6.32. The number of hydrogen-bond acceptors (Lipinski definition) is 4. The van der Waals surface area contributed by atoms with Crippen LogP contribution in [0.4, 0.5) is 0 Å². The van der Waals surface area contributed by atoms with Crippen LogP contribution in [0.1, 0.15) is 53.6 Å². The Morgan fingerprint density at radius 1 is 1.16 bits per heavy atom. The molecule has 2 unspecified atom stereocenters. The molecule has 0 spiro atoms. The Hall–Kier alpha value is -3.19. The van der Waals surface area contributed by atoms with E-state index in [2.05, 4.69) is 32.8 Å². The second-order valence-electron chi connectivity index (χ2n) is 7.52. The lowest BCUT2D eigenvalue weighted by atomic mass is 10.0. The van der Waals surface area contributed by atoms with Gasteiger partial charge in [0.1, 0.15) is 0 Å². The third kappa shape index (κ3) is 4.18. The first-order chi connectivity index (χ1) is 15.1. The van der Waals surface area contributed by atoms with Gasteiger partial charge in [-0.25, -0.2) is 4.79 Å². The number of hydrogen-bond donors (Lipinski definition) is 1. The highest BCUT2D eigenvalue weighted by molar-refractivity contribution is 7.80. The number of carbonyl (C=O) groups excluding carboxylic acids is 1. The van der Waals surface area contributed by atoms with Gasteiger partial charge in [-0.15, -0.1) is 0 Å². The second kappa shape index (κ2) is 9.31. The molecule has 3 heterocycles. The maximum atomic E-state index is 11.8. The second-order valence-corrected chi connectivity index (χ2v) is 7.90. The van der Waals surface area contributed by atoms with Crippen LogP contribution in [0, 0.1) is 0 Å². The molecule has 2 aromatic heterocycles. The minimum Gasteiger partial charge on any atom is -0.465 e. The minimum atomic E-state index is -0.342. The van der Waals surface area contributed by atoms with Crippen molar-refractivity contribution in [3.8, 4) is 5.69 Å². The van der Waals surface area contributed by atoms with E-state index in [1.54, 1.807) is 12.1 Å². The molecule has 1 aliphatic rings. The van der Waals surface area contributed by atoms with Crippen LogP contribution in [0.3, 0.4) is 0 Å². The maximum absolute atomic E-state index is 11.8. The fourth-order valence-electron chi connectivity index (χ4n) is 4.04. The lowest BCUT2D eigenvalue weighted by Gasteiger charge is -2.29. The van der Waals surface area contributed by atoms with Crippen molar-refractivity contribution in [2.24, 2.45) is 0 Å². The number of benzene rings is 1. The molecule has 7 heteroatoms. The molecule has 1 fully saturated rings. The lowest BCUT2D eigenvalue weighted by molar-refractivity contribution is 0.0600. The van der Waals surface area contributed by atoms with Crippen molar-refractivity contribution >= 4 is 23.3 Å². The Bertz CT molecular complexity index is 1050. The number of methoxy groups -OCH3 is 1. The maximum Gasteiger partial charge on any atom is 0.337 e. The Balaban J connectivity index is 1.74. The number of thiocarbonyl (C=S) groups is 1. The average molecular weight is 435 g/mol. The number of pyridine rings is 1. The SMILES string of the molecule is CCCCN1C(=S)NC(c2ccccn2)C1c1cccn1-c1ccc(C(=O)OC)cc1. The van der Waals surface area contributed by atoms with E-state index in [1.807, 2.05) is 48.8 Å². The predicted molar refractivity (Wildman–Crippen MR) is 124 cm³/mol. The van der Waals surface area contributed by atoms with Gasteiger partial charge in [0, 0.05) is 30.3 Å². The van der Waals surface area contributed by atoms with Crippen LogP contribution in [0.5, 0.6) is 0 Å². The van der Waals surface area contributed by atoms with Gasteiger partial charge in [-0.2, -0.15) is 0 Å². The van der Waals surface area contributed by atoms with Gasteiger partial charge < -0.3 is 19.5 Å². The zero-order chi connectivity index (χ0) is 21.8. The van der Waals surface area contributed by atoms with Gasteiger partial charge in [0.2, 0.25) is 0 Å². The summed E-state index contributed by atoms with van der Waals surface area (Å²) in [5.41, 5.74) is 3.58. The van der Waals surface area contributed by atoms with E-state index in [1.165, 1.54) is 7.11 Å². The Morgan fingerprint density at radius 3 is 2.65 bits per heavy atom. The van der Waals surface area contributed by atoms with Crippen molar-refractivity contribution in [1.29, 1.82) is 0 Å². The molecule has 1 saturated heterocycles. The molecule has 1 aliphatic heterocycles. The highest BCUT2D eigenvalue weighted by atomic mass is 32.1. The number of unbranched alkanes of at least 4 members (excludes halogenated alkanes) is 1. The van der Waals surface area contributed by atoms with Crippen molar-refractivity contribution in [3.05, 3.63) is 83.9 Å². The van der Waals surface area contributed by atoms with Crippen molar-refractivity contribution in [2.75, 3.05) is 13.7 Å². The monoisotopic (exact) mass is 434 g/mol. The molecule has 4 rings (SSSR count). The summed E-state index contributed by atoms with van der Waals surface area (Å²) >= 11 is 5.73. The zero-order valence-electron chi connectivity index (χ0n) is 17.7. The zero-order valence-corrected chi connectivity index (χ0v) is 18.5. The number of ether oxygens (including phenoxy) is 1. The molecule has 2 atom stereocenters. The van der Waals surface area contributed by atoms with E-state index < -0.39 is 0 Å². The molecule has 0 amide bonds. The van der Waals surface area contributed by atoms with Crippen molar-refractivity contribution in [3.63, 3.8) is 0 Å². The average Bonchev–Trinajstić information content (AvgIpc) is 3.42. The van der Waals surface area contributed by atoms with Crippen LogP contribution in [0.25, 0.3) is 5.69 Å². The molecule has 1 N–H and O–H groups in total. The molecule has 0 saturated carbocycles. The standard InChI is InChI=1S/C24H26N4O2S/c1-3-4-15-28-22(21(26-24(28)31)19-8-5-6-14-25-19)20-9-7-16-27(20)18-12-10-17(11-13-18)23(29)30-2/h5-14,16,21-22H,3-4,15H2,1-2H3,(H,26,31). The molecule has 6 nitrogen and oxygen atoms in total. The van der Waals surface area contributed by atoms with Gasteiger partial charge in [0.05, 0.1) is 30.5 Å². The summed E-state index contributed by atoms with van der Waals surface area (Å²) in [4.78, 5) is 18.7. The summed E-state index contributed by atoms with van der Waals surface area (Å²) < 4.78 is 6.97. The van der Waals surface area contributed by atoms with Crippen LogP contribution in [-0.2, 0) is 4.74 Å². The Labute approximate surface area is 187 Å². The summed E-state index contributed by atoms with van der Waals surface area (Å²) in [5, 5.41) is 4.25. The predicted octanol–water partition coefficient (Wildman–Crippen LogP) is 4.43. The van der Waals surface area contributed by atoms with Gasteiger partial charge in [-0.3, -0.25) is 4.98 Å². The lowest BCUT2D eigenvalue weighted by Crippen LogP contribution is -2.31. The summed E-state index contributed by atoms with van der Waals surface area (Å²) in [7, 11) is 1.39. The summed E-state index contributed by atoms with van der Waals surface area (Å²) in [6.45, 7) is 3.06. The number of esters is 1. The summed E-state index contributed by atoms with van der Waals surface area (Å²) in [6.07, 6.45) is 6.01. The van der Waals surface area contributed by atoms with Crippen molar-refractivity contribution in [1.82, 2.24) is 19.8 Å². The number of nitrogens with one attached hydrogen (secondary N) is 1. The van der Waals surface area contributed by atoms with E-state index in [9.17, 15) is 4.79 Å². The third-order valence-electron chi connectivity index (χ3n) is 5.60. The van der Waals surface area contributed by atoms with Crippen molar-refractivity contribution < 1.29 is 9.53 Å². The fourth-order valence-corrected chi connectivity index (χ4v) is 4.37. The smallest absolute Gasteiger partial charge is 0.337 e. The van der Waals surface area contributed by atoms with Crippen LogP contribution in [0.2, 0.25) is 0 Å². The van der Waals surface area contributed by atoms with E-state index in [0.29, 0.717) is 5.56 Å². The number of aromatic nitrogens is 2. The van der Waals surface area contributed by atoms with Crippen LogP contribution < -0.4 is 5.32 Å². The molecule has 31 heavy (non-hydrogen) atoms. The molecule has 3 aromatic rings. The van der Waals surface area contributed by atoms with Gasteiger partial charge in [0.15, 0.2) is 5.11 Å². The van der Waals surface area contributed by atoms with Crippen molar-refractivity contribution in [2.45, 2.75) is 31.8 Å². The molecule has 0 radical (unpaired) electrons. The first kappa shape index (κ1) is 21.1.